The maximum Gasteiger partial charge on any atom is 0.253 e. The Morgan fingerprint density at radius 3 is 3.00 bits per heavy atom. The number of hydrogen-bond acceptors (Lipinski definition) is 4. The van der Waals surface area contributed by atoms with Crippen LogP contribution in [0.1, 0.15) is 10.4 Å². The number of carbonyl (C=O) groups is 1. The minimum atomic E-state index is 0.0315. The van der Waals surface area contributed by atoms with Gasteiger partial charge in [-0.3, -0.25) is 4.79 Å². The number of hydrogen-bond donors (Lipinski definition) is 2. The molecular weight excluding hydrogens is 210 g/mol. The van der Waals surface area contributed by atoms with Gasteiger partial charge in [0.05, 0.1) is 12.4 Å². The van der Waals surface area contributed by atoms with Crippen molar-refractivity contribution >= 4 is 23.5 Å². The molecule has 0 saturated carbocycles. The largest absolute Gasteiger partial charge is 0.371 e. The summed E-state index contributed by atoms with van der Waals surface area (Å²) in [4.78, 5) is 14.3. The SMILES string of the molecule is CN(C)C(=O)c1ccc2c(c1)SNCN2. The van der Waals surface area contributed by atoms with Crippen molar-refractivity contribution in [3.63, 3.8) is 0 Å². The predicted molar refractivity (Wildman–Crippen MR) is 61.9 cm³/mol. The van der Waals surface area contributed by atoms with E-state index < -0.39 is 0 Å². The molecule has 1 aromatic carbocycles. The highest BCUT2D eigenvalue weighted by Crippen LogP contribution is 2.29. The van der Waals surface area contributed by atoms with Crippen LogP contribution < -0.4 is 10.0 Å². The van der Waals surface area contributed by atoms with E-state index in [0.29, 0.717) is 0 Å². The van der Waals surface area contributed by atoms with E-state index in [1.165, 1.54) is 0 Å². The zero-order valence-electron chi connectivity index (χ0n) is 8.70. The lowest BCUT2D eigenvalue weighted by atomic mass is 10.2. The van der Waals surface area contributed by atoms with Gasteiger partial charge in [-0.2, -0.15) is 0 Å². The van der Waals surface area contributed by atoms with E-state index in [1.54, 1.807) is 30.9 Å². The molecule has 80 valence electrons. The van der Waals surface area contributed by atoms with Crippen LogP contribution in [-0.4, -0.2) is 31.6 Å². The summed E-state index contributed by atoms with van der Waals surface area (Å²) < 4.78 is 3.12. The van der Waals surface area contributed by atoms with Gasteiger partial charge in [-0.05, 0) is 30.1 Å². The molecule has 0 saturated heterocycles. The fraction of sp³-hybridized carbons (Fsp3) is 0.300. The first-order valence-corrected chi connectivity index (χ1v) is 5.49. The smallest absolute Gasteiger partial charge is 0.253 e. The lowest BCUT2D eigenvalue weighted by Gasteiger charge is -2.19. The highest BCUT2D eigenvalue weighted by atomic mass is 32.2. The summed E-state index contributed by atoms with van der Waals surface area (Å²) in [6, 6.07) is 5.70. The van der Waals surface area contributed by atoms with Gasteiger partial charge < -0.3 is 10.2 Å². The number of amides is 1. The second-order valence-corrected chi connectivity index (χ2v) is 4.44. The summed E-state index contributed by atoms with van der Waals surface area (Å²) >= 11 is 1.55. The molecule has 0 radical (unpaired) electrons. The summed E-state index contributed by atoms with van der Waals surface area (Å²) in [6.45, 7) is 0.749. The molecule has 0 spiro atoms. The average molecular weight is 223 g/mol. The van der Waals surface area contributed by atoms with Crippen LogP contribution in [0.5, 0.6) is 0 Å². The second kappa shape index (κ2) is 4.12. The Hall–Kier alpha value is -1.20. The van der Waals surface area contributed by atoms with E-state index in [2.05, 4.69) is 10.0 Å². The van der Waals surface area contributed by atoms with Crippen molar-refractivity contribution in [1.29, 1.82) is 0 Å². The minimum absolute atomic E-state index is 0.0315. The van der Waals surface area contributed by atoms with Gasteiger partial charge in [0, 0.05) is 24.6 Å². The number of fused-ring (bicyclic) bond motifs is 1. The van der Waals surface area contributed by atoms with Gasteiger partial charge >= 0.3 is 0 Å². The highest BCUT2D eigenvalue weighted by molar-refractivity contribution is 7.97. The van der Waals surface area contributed by atoms with Crippen LogP contribution in [0.3, 0.4) is 0 Å². The summed E-state index contributed by atoms with van der Waals surface area (Å²) in [5.41, 5.74) is 1.80. The fourth-order valence-electron chi connectivity index (χ4n) is 1.39. The molecule has 4 nitrogen and oxygen atoms in total. The quantitative estimate of drug-likeness (QED) is 0.706. The van der Waals surface area contributed by atoms with Crippen LogP contribution in [-0.2, 0) is 0 Å². The number of benzene rings is 1. The van der Waals surface area contributed by atoms with E-state index in [1.807, 2.05) is 18.2 Å². The molecule has 1 amide bonds. The van der Waals surface area contributed by atoms with E-state index in [4.69, 9.17) is 0 Å². The number of carbonyl (C=O) groups excluding carboxylic acids is 1. The molecule has 0 fully saturated rings. The van der Waals surface area contributed by atoms with Gasteiger partial charge in [-0.1, -0.05) is 0 Å². The number of nitrogens with one attached hydrogen (secondary N) is 2. The standard InChI is InChI=1S/C10H13N3OS/c1-13(2)10(14)7-3-4-8-9(5-7)15-12-6-11-8/h3-5,11-12H,6H2,1-2H3. The zero-order chi connectivity index (χ0) is 10.8. The van der Waals surface area contributed by atoms with Gasteiger partial charge in [-0.15, -0.1) is 0 Å². The Balaban J connectivity index is 2.32. The van der Waals surface area contributed by atoms with Crippen LogP contribution in [0, 0.1) is 0 Å². The first-order chi connectivity index (χ1) is 7.18. The minimum Gasteiger partial charge on any atom is -0.371 e. The maximum atomic E-state index is 11.7. The molecule has 0 aromatic heterocycles. The lowest BCUT2D eigenvalue weighted by molar-refractivity contribution is 0.0827. The third-order valence-electron chi connectivity index (χ3n) is 2.17. The third-order valence-corrected chi connectivity index (χ3v) is 3.01. The molecule has 0 unspecified atom stereocenters. The van der Waals surface area contributed by atoms with E-state index in [-0.39, 0.29) is 5.91 Å². The average Bonchev–Trinajstić information content (AvgIpc) is 2.27. The molecule has 1 aromatic rings. The molecule has 1 aliphatic heterocycles. The van der Waals surface area contributed by atoms with Gasteiger partial charge in [0.25, 0.3) is 5.91 Å². The second-order valence-electron chi connectivity index (χ2n) is 3.51. The van der Waals surface area contributed by atoms with Crippen molar-refractivity contribution < 1.29 is 4.79 Å². The van der Waals surface area contributed by atoms with Crippen LogP contribution in [0.25, 0.3) is 0 Å². The fourth-order valence-corrected chi connectivity index (χ4v) is 2.13. The molecule has 2 rings (SSSR count). The van der Waals surface area contributed by atoms with Crippen molar-refractivity contribution in [1.82, 2.24) is 9.62 Å². The molecule has 5 heteroatoms. The van der Waals surface area contributed by atoms with Crippen molar-refractivity contribution in [2.24, 2.45) is 0 Å². The van der Waals surface area contributed by atoms with Crippen LogP contribution in [0.4, 0.5) is 5.69 Å². The Kier molecular flexibility index (Phi) is 2.83. The molecule has 0 atom stereocenters. The van der Waals surface area contributed by atoms with Crippen LogP contribution in [0.2, 0.25) is 0 Å². The Morgan fingerprint density at radius 2 is 2.27 bits per heavy atom. The first-order valence-electron chi connectivity index (χ1n) is 4.68. The molecular formula is C10H13N3OS. The van der Waals surface area contributed by atoms with Crippen LogP contribution in [0.15, 0.2) is 23.1 Å². The van der Waals surface area contributed by atoms with Gasteiger partial charge in [-0.25, -0.2) is 4.72 Å². The molecule has 1 aliphatic rings. The number of anilines is 1. The van der Waals surface area contributed by atoms with Crippen molar-refractivity contribution in [3.8, 4) is 0 Å². The van der Waals surface area contributed by atoms with E-state index in [0.717, 1.165) is 22.8 Å². The van der Waals surface area contributed by atoms with Gasteiger partial charge in [0.2, 0.25) is 0 Å². The molecule has 0 aliphatic carbocycles. The first kappa shape index (κ1) is 10.3. The molecule has 0 bridgehead atoms. The Bertz CT molecular complexity index is 392. The maximum absolute atomic E-state index is 11.7. The summed E-state index contributed by atoms with van der Waals surface area (Å²) in [5.74, 6) is 0.0315. The number of rotatable bonds is 1. The highest BCUT2D eigenvalue weighted by Gasteiger charge is 2.13. The third kappa shape index (κ3) is 2.08. The summed E-state index contributed by atoms with van der Waals surface area (Å²) in [5, 5.41) is 3.20. The molecule has 15 heavy (non-hydrogen) atoms. The van der Waals surface area contributed by atoms with Crippen molar-refractivity contribution in [2.45, 2.75) is 4.90 Å². The zero-order valence-corrected chi connectivity index (χ0v) is 9.52. The number of nitrogens with zero attached hydrogens (tertiary/aromatic N) is 1. The Labute approximate surface area is 93.2 Å². The summed E-state index contributed by atoms with van der Waals surface area (Å²) in [6.07, 6.45) is 0. The van der Waals surface area contributed by atoms with Gasteiger partial charge in [0.15, 0.2) is 0 Å². The normalized spacial score (nSPS) is 14.0. The van der Waals surface area contributed by atoms with E-state index >= 15 is 0 Å². The van der Waals surface area contributed by atoms with Crippen LogP contribution >= 0.6 is 11.9 Å². The van der Waals surface area contributed by atoms with Gasteiger partial charge in [0.1, 0.15) is 0 Å². The predicted octanol–water partition coefficient (Wildman–Crippen LogP) is 1.37. The lowest BCUT2D eigenvalue weighted by Crippen LogP contribution is -2.23. The monoisotopic (exact) mass is 223 g/mol. The molecule has 1 heterocycles. The van der Waals surface area contributed by atoms with E-state index in [9.17, 15) is 4.79 Å². The van der Waals surface area contributed by atoms with Crippen molar-refractivity contribution in [3.05, 3.63) is 23.8 Å². The molecule has 2 N–H and O–H groups in total. The van der Waals surface area contributed by atoms with Crippen molar-refractivity contribution in [2.75, 3.05) is 26.1 Å². The summed E-state index contributed by atoms with van der Waals surface area (Å²) in [7, 11) is 3.51. The Morgan fingerprint density at radius 1 is 1.47 bits per heavy atom. The topological polar surface area (TPSA) is 44.4 Å².